The molecule has 0 radical (unpaired) electrons. The number of nitrogens with zero attached hydrogens (tertiary/aromatic N) is 2. The van der Waals surface area contributed by atoms with Crippen LogP contribution in [-0.4, -0.2) is 18.3 Å². The third-order valence-electron chi connectivity index (χ3n) is 4.96. The minimum atomic E-state index is -1.81. The maximum Gasteiger partial charge on any atom is 0.192 e. The van der Waals surface area contributed by atoms with Gasteiger partial charge in [-0.25, -0.2) is 4.98 Å². The molecule has 0 spiro atoms. The van der Waals surface area contributed by atoms with E-state index in [2.05, 4.69) is 30.7 Å². The summed E-state index contributed by atoms with van der Waals surface area (Å²) in [6, 6.07) is 3.25. The summed E-state index contributed by atoms with van der Waals surface area (Å²) < 4.78 is 7.36. The highest BCUT2D eigenvalue weighted by Gasteiger charge is 2.33. The van der Waals surface area contributed by atoms with Gasteiger partial charge in [-0.1, -0.05) is 55.6 Å². The summed E-state index contributed by atoms with van der Waals surface area (Å²) in [4.78, 5) is 8.41. The van der Waals surface area contributed by atoms with E-state index in [4.69, 9.17) is 39.2 Å². The molecule has 0 saturated heterocycles. The largest absolute Gasteiger partial charge is 0.410 e. The summed E-state index contributed by atoms with van der Waals surface area (Å²) in [7, 11) is -1.81. The van der Waals surface area contributed by atoms with Crippen molar-refractivity contribution >= 4 is 54.5 Å². The SMILES string of the molecule is CC[Si](CC)(CC)OC(CCCc1csc(Cl)n1)c1c(Cl)cncc1Cl. The molecule has 1 unspecified atom stereocenters. The van der Waals surface area contributed by atoms with Crippen LogP contribution in [0.15, 0.2) is 17.8 Å². The first-order valence-corrected chi connectivity index (χ1v) is 13.6. The quantitative estimate of drug-likeness (QED) is 0.349. The van der Waals surface area contributed by atoms with Gasteiger partial charge in [0.05, 0.1) is 21.8 Å². The lowest BCUT2D eigenvalue weighted by Crippen LogP contribution is -2.37. The van der Waals surface area contributed by atoms with E-state index >= 15 is 0 Å². The number of pyridine rings is 1. The van der Waals surface area contributed by atoms with Crippen LogP contribution >= 0.6 is 46.1 Å². The molecule has 2 aromatic rings. The van der Waals surface area contributed by atoms with Gasteiger partial charge < -0.3 is 4.43 Å². The van der Waals surface area contributed by atoms with Crippen LogP contribution in [0.4, 0.5) is 0 Å². The highest BCUT2D eigenvalue weighted by molar-refractivity contribution is 7.13. The molecule has 0 aliphatic heterocycles. The average molecular weight is 452 g/mol. The van der Waals surface area contributed by atoms with E-state index in [9.17, 15) is 0 Å². The van der Waals surface area contributed by atoms with Gasteiger partial charge in [-0.15, -0.1) is 11.3 Å². The molecule has 0 N–H and O–H groups in total. The maximum absolute atomic E-state index is 6.77. The molecule has 2 aromatic heterocycles. The number of aromatic nitrogens is 2. The Bertz CT molecular complexity index is 681. The lowest BCUT2D eigenvalue weighted by molar-refractivity contribution is 0.176. The molecular formula is C18H25Cl3N2OSSi. The molecule has 0 saturated carbocycles. The fraction of sp³-hybridized carbons (Fsp3) is 0.556. The smallest absolute Gasteiger partial charge is 0.192 e. The fourth-order valence-corrected chi connectivity index (χ4v) is 7.42. The van der Waals surface area contributed by atoms with Crippen molar-refractivity contribution < 1.29 is 4.43 Å². The Hall–Kier alpha value is -0.173. The molecule has 1 atom stereocenters. The zero-order valence-corrected chi connectivity index (χ0v) is 19.5. The third-order valence-corrected chi connectivity index (χ3v) is 11.2. The van der Waals surface area contributed by atoms with Crippen LogP contribution in [0.25, 0.3) is 0 Å². The van der Waals surface area contributed by atoms with Gasteiger partial charge in [0.15, 0.2) is 12.8 Å². The van der Waals surface area contributed by atoms with E-state index in [0.717, 1.165) is 48.7 Å². The van der Waals surface area contributed by atoms with Gasteiger partial charge in [-0.2, -0.15) is 0 Å². The van der Waals surface area contributed by atoms with E-state index in [1.165, 1.54) is 11.3 Å². The van der Waals surface area contributed by atoms with Crippen LogP contribution in [0.1, 0.15) is 51.0 Å². The monoisotopic (exact) mass is 450 g/mol. The Morgan fingerprint density at radius 1 is 1.08 bits per heavy atom. The maximum atomic E-state index is 6.77. The second-order valence-corrected chi connectivity index (χ2v) is 13.3. The Balaban J connectivity index is 2.20. The van der Waals surface area contributed by atoms with Crippen LogP contribution in [0, 0.1) is 0 Å². The summed E-state index contributed by atoms with van der Waals surface area (Å²) >= 11 is 20.3. The number of thiazole rings is 1. The topological polar surface area (TPSA) is 35.0 Å². The molecule has 8 heteroatoms. The summed E-state index contributed by atoms with van der Waals surface area (Å²) in [6.45, 7) is 6.68. The zero-order chi connectivity index (χ0) is 19.2. The number of aryl methyl sites for hydroxylation is 1. The molecule has 0 bridgehead atoms. The molecule has 2 heterocycles. The van der Waals surface area contributed by atoms with Crippen molar-refractivity contribution in [3.8, 4) is 0 Å². The second kappa shape index (κ2) is 10.4. The molecule has 3 nitrogen and oxygen atoms in total. The predicted octanol–water partition coefficient (Wildman–Crippen LogP) is 7.58. The van der Waals surface area contributed by atoms with Crippen LogP contribution in [0.5, 0.6) is 0 Å². The normalized spacial score (nSPS) is 13.2. The molecular weight excluding hydrogens is 427 g/mol. The zero-order valence-electron chi connectivity index (χ0n) is 15.4. The Kier molecular flexibility index (Phi) is 8.84. The van der Waals surface area contributed by atoms with Crippen LogP contribution < -0.4 is 0 Å². The molecule has 0 aromatic carbocycles. The summed E-state index contributed by atoms with van der Waals surface area (Å²) in [5, 5.41) is 3.16. The van der Waals surface area contributed by atoms with Gasteiger partial charge in [-0.3, -0.25) is 4.98 Å². The molecule has 144 valence electrons. The Morgan fingerprint density at radius 3 is 2.19 bits per heavy atom. The Labute approximate surface area is 176 Å². The lowest BCUT2D eigenvalue weighted by atomic mass is 10.0. The van der Waals surface area contributed by atoms with Gasteiger partial charge >= 0.3 is 0 Å². The van der Waals surface area contributed by atoms with Gasteiger partial charge in [-0.05, 0) is 37.4 Å². The van der Waals surface area contributed by atoms with E-state index < -0.39 is 8.32 Å². The van der Waals surface area contributed by atoms with E-state index in [1.54, 1.807) is 12.4 Å². The molecule has 0 fully saturated rings. The van der Waals surface area contributed by atoms with E-state index in [-0.39, 0.29) is 6.10 Å². The summed E-state index contributed by atoms with van der Waals surface area (Å²) in [5.74, 6) is 0. The van der Waals surface area contributed by atoms with Crippen molar-refractivity contribution in [1.82, 2.24) is 9.97 Å². The number of hydrogen-bond donors (Lipinski definition) is 0. The number of hydrogen-bond acceptors (Lipinski definition) is 4. The van der Waals surface area contributed by atoms with Gasteiger partial charge in [0, 0.05) is 23.3 Å². The number of halogens is 3. The third kappa shape index (κ3) is 5.66. The van der Waals surface area contributed by atoms with Gasteiger partial charge in [0.1, 0.15) is 0 Å². The second-order valence-electron chi connectivity index (χ2n) is 6.35. The van der Waals surface area contributed by atoms with E-state index in [1.807, 2.05) is 5.38 Å². The molecule has 2 rings (SSSR count). The van der Waals surface area contributed by atoms with Crippen LogP contribution in [0.3, 0.4) is 0 Å². The highest BCUT2D eigenvalue weighted by Crippen LogP contribution is 2.39. The minimum Gasteiger partial charge on any atom is -0.410 e. The van der Waals surface area contributed by atoms with Crippen molar-refractivity contribution in [2.75, 3.05) is 0 Å². The lowest BCUT2D eigenvalue weighted by Gasteiger charge is -2.34. The average Bonchev–Trinajstić information content (AvgIpc) is 3.04. The van der Waals surface area contributed by atoms with Crippen molar-refractivity contribution in [3.05, 3.63) is 43.5 Å². The summed E-state index contributed by atoms with van der Waals surface area (Å²) in [6.07, 6.45) is 5.81. The van der Waals surface area contributed by atoms with Crippen molar-refractivity contribution in [3.63, 3.8) is 0 Å². The van der Waals surface area contributed by atoms with Gasteiger partial charge in [0.2, 0.25) is 0 Å². The highest BCUT2D eigenvalue weighted by atomic mass is 35.5. The first kappa shape index (κ1) is 22.1. The molecule has 0 aliphatic carbocycles. The van der Waals surface area contributed by atoms with Crippen LogP contribution in [-0.2, 0) is 10.8 Å². The van der Waals surface area contributed by atoms with Gasteiger partial charge in [0.25, 0.3) is 0 Å². The number of rotatable bonds is 10. The molecule has 0 aliphatic rings. The first-order chi connectivity index (χ1) is 12.4. The summed E-state index contributed by atoms with van der Waals surface area (Å²) in [5.41, 5.74) is 1.89. The van der Waals surface area contributed by atoms with Crippen molar-refractivity contribution in [1.29, 1.82) is 0 Å². The van der Waals surface area contributed by atoms with Crippen molar-refractivity contribution in [2.24, 2.45) is 0 Å². The first-order valence-electron chi connectivity index (χ1n) is 9.01. The standard InChI is InChI=1S/C18H25Cl3N2OSSi/c1-4-26(5-2,6-3)24-16(17-14(19)10-22-11-15(17)20)9-7-8-13-12-25-18(21)23-13/h10-12,16H,4-9H2,1-3H3. The Morgan fingerprint density at radius 2 is 1.69 bits per heavy atom. The fourth-order valence-electron chi connectivity index (χ4n) is 3.16. The minimum absolute atomic E-state index is 0.112. The van der Waals surface area contributed by atoms with E-state index in [0.29, 0.717) is 14.5 Å². The molecule has 26 heavy (non-hydrogen) atoms. The predicted molar refractivity (Wildman–Crippen MR) is 115 cm³/mol. The molecule has 0 amide bonds. The van der Waals surface area contributed by atoms with Crippen molar-refractivity contribution in [2.45, 2.75) is 64.3 Å². The van der Waals surface area contributed by atoms with Crippen LogP contribution in [0.2, 0.25) is 32.6 Å².